The molecule has 1 aromatic heterocycles. The van der Waals surface area contributed by atoms with Gasteiger partial charge in [-0.3, -0.25) is 10.2 Å². The van der Waals surface area contributed by atoms with Crippen LogP contribution in [0.15, 0.2) is 18.2 Å². The molecule has 5 heteroatoms. The lowest BCUT2D eigenvalue weighted by molar-refractivity contribution is 0.000311. The molecule has 0 bridgehead atoms. The summed E-state index contributed by atoms with van der Waals surface area (Å²) in [5, 5.41) is 0. The largest absolute Gasteiger partial charge is 0.372 e. The molecule has 0 radical (unpaired) electrons. The second-order valence-corrected chi connectivity index (χ2v) is 5.36. The predicted molar refractivity (Wildman–Crippen MR) is 76.7 cm³/mol. The number of amides is 1. The molecule has 1 saturated carbocycles. The van der Waals surface area contributed by atoms with Gasteiger partial charge in [0.1, 0.15) is 5.69 Å². The van der Waals surface area contributed by atoms with Crippen molar-refractivity contribution in [2.75, 3.05) is 0 Å². The van der Waals surface area contributed by atoms with Crippen molar-refractivity contribution in [2.45, 2.75) is 51.7 Å². The molecule has 1 aromatic rings. The van der Waals surface area contributed by atoms with Crippen molar-refractivity contribution in [2.24, 2.45) is 11.8 Å². The minimum Gasteiger partial charge on any atom is -0.372 e. The van der Waals surface area contributed by atoms with Gasteiger partial charge in [0, 0.05) is 0 Å². The monoisotopic (exact) mass is 277 g/mol. The molecule has 0 aliphatic heterocycles. The number of hydrogen-bond donors (Lipinski definition) is 2. The molecule has 5 nitrogen and oxygen atoms in total. The third-order valence-electron chi connectivity index (χ3n) is 3.95. The maximum Gasteiger partial charge on any atom is 0.283 e. The fourth-order valence-corrected chi connectivity index (χ4v) is 2.73. The molecule has 0 aromatic carbocycles. The van der Waals surface area contributed by atoms with Crippen LogP contribution in [0.5, 0.6) is 0 Å². The van der Waals surface area contributed by atoms with Gasteiger partial charge in [-0.1, -0.05) is 32.3 Å². The summed E-state index contributed by atoms with van der Waals surface area (Å²) in [5.74, 6) is 5.51. The number of nitrogens with two attached hydrogens (primary N) is 1. The molecule has 1 heterocycles. The van der Waals surface area contributed by atoms with E-state index in [0.717, 1.165) is 24.5 Å². The highest BCUT2D eigenvalue weighted by atomic mass is 16.5. The minimum atomic E-state index is -0.379. The fourth-order valence-electron chi connectivity index (χ4n) is 2.73. The Morgan fingerprint density at radius 2 is 2.35 bits per heavy atom. The summed E-state index contributed by atoms with van der Waals surface area (Å²) >= 11 is 0. The van der Waals surface area contributed by atoms with Gasteiger partial charge in [0.25, 0.3) is 5.91 Å². The Balaban J connectivity index is 1.89. The number of nitrogens with zero attached hydrogens (tertiary/aromatic N) is 1. The minimum absolute atomic E-state index is 0.322. The molecule has 0 saturated heterocycles. The zero-order chi connectivity index (χ0) is 14.4. The summed E-state index contributed by atoms with van der Waals surface area (Å²) in [6, 6.07) is 5.30. The molecule has 3 N–H and O–H groups in total. The van der Waals surface area contributed by atoms with Gasteiger partial charge >= 0.3 is 0 Å². The molecule has 1 fully saturated rings. The summed E-state index contributed by atoms with van der Waals surface area (Å²) in [6.45, 7) is 2.69. The van der Waals surface area contributed by atoms with Crippen molar-refractivity contribution in [1.82, 2.24) is 10.4 Å². The smallest absolute Gasteiger partial charge is 0.283 e. The van der Waals surface area contributed by atoms with E-state index in [1.165, 1.54) is 19.3 Å². The molecular formula is C15H23N3O2. The first-order valence-electron chi connectivity index (χ1n) is 7.31. The number of hydrogen-bond acceptors (Lipinski definition) is 4. The van der Waals surface area contributed by atoms with Gasteiger partial charge in [0.2, 0.25) is 0 Å². The molecule has 2 rings (SSSR count). The first kappa shape index (κ1) is 14.9. The van der Waals surface area contributed by atoms with E-state index >= 15 is 0 Å². The van der Waals surface area contributed by atoms with Crippen molar-refractivity contribution in [1.29, 1.82) is 0 Å². The highest BCUT2D eigenvalue weighted by molar-refractivity contribution is 5.91. The van der Waals surface area contributed by atoms with E-state index in [1.54, 1.807) is 12.1 Å². The van der Waals surface area contributed by atoms with Crippen LogP contribution >= 0.6 is 0 Å². The maximum atomic E-state index is 11.4. The zero-order valence-electron chi connectivity index (χ0n) is 12.0. The number of hydrazine groups is 1. The third kappa shape index (κ3) is 4.02. The van der Waals surface area contributed by atoms with Crippen molar-refractivity contribution >= 4 is 5.91 Å². The lowest BCUT2D eigenvalue weighted by atomic mass is 9.85. The molecule has 2 unspecified atom stereocenters. The average molecular weight is 277 g/mol. The summed E-state index contributed by atoms with van der Waals surface area (Å²) in [6.07, 6.45) is 6.37. The van der Waals surface area contributed by atoms with Gasteiger partial charge in [0.15, 0.2) is 0 Å². The molecule has 1 aliphatic rings. The van der Waals surface area contributed by atoms with E-state index in [1.807, 2.05) is 6.07 Å². The summed E-state index contributed by atoms with van der Waals surface area (Å²) in [7, 11) is 0. The molecule has 2 atom stereocenters. The zero-order valence-corrected chi connectivity index (χ0v) is 12.0. The molecule has 1 aliphatic carbocycles. The Bertz CT molecular complexity index is 450. The number of ether oxygens (including phenoxy) is 1. The normalized spacial score (nSPS) is 22.5. The number of aromatic nitrogens is 1. The second kappa shape index (κ2) is 7.36. The Kier molecular flexibility index (Phi) is 5.49. The lowest BCUT2D eigenvalue weighted by Gasteiger charge is -2.28. The summed E-state index contributed by atoms with van der Waals surface area (Å²) < 4.78 is 5.94. The van der Waals surface area contributed by atoms with Crippen LogP contribution in [-0.4, -0.2) is 17.0 Å². The van der Waals surface area contributed by atoms with E-state index < -0.39 is 0 Å². The predicted octanol–water partition coefficient (Wildman–Crippen LogP) is 2.17. The average Bonchev–Trinajstić information content (AvgIpc) is 2.52. The van der Waals surface area contributed by atoms with Crippen LogP contribution in [0, 0.1) is 5.92 Å². The Hall–Kier alpha value is -1.46. The number of nitrogens with one attached hydrogen (secondary N) is 1. The van der Waals surface area contributed by atoms with Crippen molar-refractivity contribution in [3.8, 4) is 0 Å². The molecule has 20 heavy (non-hydrogen) atoms. The lowest BCUT2D eigenvalue weighted by Crippen LogP contribution is -2.31. The number of nitrogen functional groups attached to an aromatic ring is 1. The van der Waals surface area contributed by atoms with Crippen LogP contribution in [0.25, 0.3) is 0 Å². The number of pyridine rings is 1. The molecule has 1 amide bonds. The summed E-state index contributed by atoms with van der Waals surface area (Å²) in [4.78, 5) is 15.7. The highest BCUT2D eigenvalue weighted by Gasteiger charge is 2.21. The van der Waals surface area contributed by atoms with Gasteiger partial charge in [0.05, 0.1) is 18.4 Å². The van der Waals surface area contributed by atoms with Gasteiger partial charge < -0.3 is 4.74 Å². The first-order valence-corrected chi connectivity index (χ1v) is 7.31. The maximum absolute atomic E-state index is 11.4. The number of carbonyl (C=O) groups is 1. The van der Waals surface area contributed by atoms with Crippen molar-refractivity contribution < 1.29 is 9.53 Å². The Morgan fingerprint density at radius 1 is 1.50 bits per heavy atom. The Labute approximate surface area is 119 Å². The van der Waals surface area contributed by atoms with Crippen LogP contribution in [0.1, 0.15) is 55.2 Å². The van der Waals surface area contributed by atoms with E-state index in [0.29, 0.717) is 18.4 Å². The van der Waals surface area contributed by atoms with Gasteiger partial charge in [-0.05, 0) is 30.9 Å². The van der Waals surface area contributed by atoms with E-state index in [-0.39, 0.29) is 5.91 Å². The topological polar surface area (TPSA) is 77.2 Å². The van der Waals surface area contributed by atoms with E-state index in [9.17, 15) is 4.79 Å². The van der Waals surface area contributed by atoms with E-state index in [2.05, 4.69) is 17.3 Å². The summed E-state index contributed by atoms with van der Waals surface area (Å²) in [5.41, 5.74) is 3.18. The first-order chi connectivity index (χ1) is 9.72. The van der Waals surface area contributed by atoms with Gasteiger partial charge in [-0.15, -0.1) is 0 Å². The van der Waals surface area contributed by atoms with Crippen LogP contribution in [0.3, 0.4) is 0 Å². The van der Waals surface area contributed by atoms with Crippen LogP contribution in [0.4, 0.5) is 0 Å². The third-order valence-corrected chi connectivity index (χ3v) is 3.95. The van der Waals surface area contributed by atoms with Crippen molar-refractivity contribution in [3.05, 3.63) is 29.6 Å². The molecule has 110 valence electrons. The van der Waals surface area contributed by atoms with Crippen LogP contribution < -0.4 is 11.3 Å². The number of rotatable bonds is 5. The molecular weight excluding hydrogens is 254 g/mol. The van der Waals surface area contributed by atoms with Crippen LogP contribution in [-0.2, 0) is 11.3 Å². The van der Waals surface area contributed by atoms with E-state index in [4.69, 9.17) is 10.6 Å². The standard InChI is InChI=1S/C15H23N3O2/c1-2-11-5-3-7-13(9-11)20-10-12-6-4-8-14(17-12)15(19)18-16/h4,6,8,11,13H,2-3,5,7,9-10,16H2,1H3,(H,18,19). The van der Waals surface area contributed by atoms with Crippen molar-refractivity contribution in [3.63, 3.8) is 0 Å². The number of carbonyl (C=O) groups excluding carboxylic acids is 1. The second-order valence-electron chi connectivity index (χ2n) is 5.36. The van der Waals surface area contributed by atoms with Crippen LogP contribution in [0.2, 0.25) is 0 Å². The highest BCUT2D eigenvalue weighted by Crippen LogP contribution is 2.28. The quantitative estimate of drug-likeness (QED) is 0.491. The van der Waals surface area contributed by atoms with Gasteiger partial charge in [-0.2, -0.15) is 0 Å². The fraction of sp³-hybridized carbons (Fsp3) is 0.600. The van der Waals surface area contributed by atoms with Gasteiger partial charge in [-0.25, -0.2) is 10.8 Å². The SMILES string of the molecule is CCC1CCCC(OCc2cccc(C(=O)NN)n2)C1. The Morgan fingerprint density at radius 3 is 3.10 bits per heavy atom. The molecule has 0 spiro atoms.